The van der Waals surface area contributed by atoms with Crippen LogP contribution in [0.2, 0.25) is 0 Å². The first kappa shape index (κ1) is 13.6. The van der Waals surface area contributed by atoms with Crippen LogP contribution in [-0.4, -0.2) is 29.3 Å². The lowest BCUT2D eigenvalue weighted by molar-refractivity contribution is 0.122. The van der Waals surface area contributed by atoms with Gasteiger partial charge in [-0.15, -0.1) is 0 Å². The molecule has 0 heterocycles. The maximum atomic E-state index is 8.83. The minimum absolute atomic E-state index is 0.259. The third-order valence-electron chi connectivity index (χ3n) is 2.20. The van der Waals surface area contributed by atoms with Crippen molar-refractivity contribution in [2.45, 2.75) is 25.2 Å². The van der Waals surface area contributed by atoms with Crippen LogP contribution in [0.4, 0.5) is 0 Å². The van der Waals surface area contributed by atoms with Crippen LogP contribution in [0.1, 0.15) is 18.9 Å². The van der Waals surface area contributed by atoms with Crippen molar-refractivity contribution in [2.75, 3.05) is 19.0 Å². The van der Waals surface area contributed by atoms with E-state index in [-0.39, 0.29) is 6.61 Å². The first-order chi connectivity index (χ1) is 7.83. The van der Waals surface area contributed by atoms with Gasteiger partial charge in [0.25, 0.3) is 0 Å². The van der Waals surface area contributed by atoms with Gasteiger partial charge >= 0.3 is 0 Å². The molecular formula is C13H20O2S. The number of ether oxygens (including phenoxy) is 1. The Morgan fingerprint density at radius 3 is 2.75 bits per heavy atom. The molecule has 1 aromatic carbocycles. The zero-order valence-electron chi connectivity index (χ0n) is 9.76. The lowest BCUT2D eigenvalue weighted by Crippen LogP contribution is -2.04. The molecule has 0 bridgehead atoms. The molecule has 90 valence electrons. The van der Waals surface area contributed by atoms with Crippen LogP contribution in [0.3, 0.4) is 0 Å². The van der Waals surface area contributed by atoms with Crippen LogP contribution in [-0.2, 0) is 11.3 Å². The second-order valence-electron chi connectivity index (χ2n) is 3.76. The molecule has 0 aromatic heterocycles. The van der Waals surface area contributed by atoms with E-state index < -0.39 is 0 Å². The molecule has 0 spiro atoms. The second-order valence-corrected chi connectivity index (χ2v) is 5.30. The first-order valence-corrected chi connectivity index (χ1v) is 6.72. The average molecular weight is 240 g/mol. The maximum Gasteiger partial charge on any atom is 0.0716 e. The Labute approximate surface area is 102 Å². The van der Waals surface area contributed by atoms with E-state index in [1.165, 1.54) is 5.56 Å². The predicted molar refractivity (Wildman–Crippen MR) is 69.7 cm³/mol. The molecule has 3 heteroatoms. The molecule has 0 saturated heterocycles. The summed E-state index contributed by atoms with van der Waals surface area (Å²) < 4.78 is 5.56. The van der Waals surface area contributed by atoms with Crippen molar-refractivity contribution in [2.24, 2.45) is 0 Å². The fourth-order valence-corrected chi connectivity index (χ4v) is 2.05. The maximum absolute atomic E-state index is 8.83. The summed E-state index contributed by atoms with van der Waals surface area (Å²) in [5.41, 5.74) is 1.22. The van der Waals surface area contributed by atoms with Crippen molar-refractivity contribution in [3.8, 4) is 0 Å². The molecule has 0 saturated carbocycles. The van der Waals surface area contributed by atoms with E-state index in [0.717, 1.165) is 18.8 Å². The third-order valence-corrected chi connectivity index (χ3v) is 3.45. The van der Waals surface area contributed by atoms with E-state index in [1.807, 2.05) is 25.1 Å². The Morgan fingerprint density at radius 1 is 1.31 bits per heavy atom. The van der Waals surface area contributed by atoms with E-state index in [2.05, 4.69) is 12.1 Å². The van der Waals surface area contributed by atoms with Gasteiger partial charge in [0.05, 0.1) is 13.2 Å². The predicted octanol–water partition coefficient (Wildman–Crippen LogP) is 2.71. The zero-order chi connectivity index (χ0) is 11.6. The molecule has 0 amide bonds. The minimum atomic E-state index is 0.259. The summed E-state index contributed by atoms with van der Waals surface area (Å²) in [6.45, 7) is 3.78. The average Bonchev–Trinajstić information content (AvgIpc) is 2.34. The zero-order valence-corrected chi connectivity index (χ0v) is 10.6. The third kappa shape index (κ3) is 6.16. The number of hydrogen-bond acceptors (Lipinski definition) is 3. The lowest BCUT2D eigenvalue weighted by Gasteiger charge is -2.07. The standard InChI is InChI=1S/C13H20O2S/c1-12(10-14)16-9-5-8-15-11-13-6-3-2-4-7-13/h2-4,6-7,12,14H,5,8-11H2,1H3. The normalized spacial score (nSPS) is 12.6. The number of aliphatic hydroxyl groups is 1. The summed E-state index contributed by atoms with van der Waals surface area (Å²) >= 11 is 1.79. The number of thioether (sulfide) groups is 1. The van der Waals surface area contributed by atoms with Gasteiger partial charge < -0.3 is 9.84 Å². The van der Waals surface area contributed by atoms with Crippen LogP contribution in [0.15, 0.2) is 30.3 Å². The molecular weight excluding hydrogens is 220 g/mol. The van der Waals surface area contributed by atoms with Gasteiger partial charge in [-0.1, -0.05) is 37.3 Å². The summed E-state index contributed by atoms with van der Waals surface area (Å²) in [6.07, 6.45) is 1.04. The van der Waals surface area contributed by atoms with Crippen molar-refractivity contribution in [3.63, 3.8) is 0 Å². The second kappa shape index (κ2) is 8.62. The van der Waals surface area contributed by atoms with Crippen molar-refractivity contribution in [1.29, 1.82) is 0 Å². The van der Waals surface area contributed by atoms with E-state index in [1.54, 1.807) is 11.8 Å². The topological polar surface area (TPSA) is 29.5 Å². The van der Waals surface area contributed by atoms with Crippen molar-refractivity contribution in [1.82, 2.24) is 0 Å². The summed E-state index contributed by atoms with van der Waals surface area (Å²) in [5.74, 6) is 1.05. The van der Waals surface area contributed by atoms with Gasteiger partial charge in [0.1, 0.15) is 0 Å². The van der Waals surface area contributed by atoms with Gasteiger partial charge in [0.2, 0.25) is 0 Å². The Morgan fingerprint density at radius 2 is 2.06 bits per heavy atom. The van der Waals surface area contributed by atoms with Gasteiger partial charge in [-0.25, -0.2) is 0 Å². The SMILES string of the molecule is CC(CO)SCCCOCc1ccccc1. The van der Waals surface area contributed by atoms with Crippen LogP contribution in [0, 0.1) is 0 Å². The molecule has 16 heavy (non-hydrogen) atoms. The Bertz CT molecular complexity index is 264. The fraction of sp³-hybridized carbons (Fsp3) is 0.538. The number of hydrogen-bond donors (Lipinski definition) is 1. The van der Waals surface area contributed by atoms with Crippen molar-refractivity contribution < 1.29 is 9.84 Å². The molecule has 1 unspecified atom stereocenters. The number of aliphatic hydroxyl groups excluding tert-OH is 1. The molecule has 1 aromatic rings. The smallest absolute Gasteiger partial charge is 0.0716 e. The van der Waals surface area contributed by atoms with E-state index >= 15 is 0 Å². The van der Waals surface area contributed by atoms with Gasteiger partial charge in [0, 0.05) is 11.9 Å². The largest absolute Gasteiger partial charge is 0.395 e. The summed E-state index contributed by atoms with van der Waals surface area (Å²) in [7, 11) is 0. The van der Waals surface area contributed by atoms with Crippen LogP contribution < -0.4 is 0 Å². The monoisotopic (exact) mass is 240 g/mol. The highest BCUT2D eigenvalue weighted by Crippen LogP contribution is 2.10. The molecule has 0 aliphatic carbocycles. The van der Waals surface area contributed by atoms with E-state index in [0.29, 0.717) is 11.9 Å². The van der Waals surface area contributed by atoms with E-state index in [9.17, 15) is 0 Å². The summed E-state index contributed by atoms with van der Waals surface area (Å²) in [5, 5.41) is 9.18. The quantitative estimate of drug-likeness (QED) is 0.708. The van der Waals surface area contributed by atoms with Crippen LogP contribution >= 0.6 is 11.8 Å². The summed E-state index contributed by atoms with van der Waals surface area (Å²) in [4.78, 5) is 0. The molecule has 1 N–H and O–H groups in total. The van der Waals surface area contributed by atoms with Gasteiger partial charge in [0.15, 0.2) is 0 Å². The molecule has 2 nitrogen and oxygen atoms in total. The Kier molecular flexibility index (Phi) is 7.30. The lowest BCUT2D eigenvalue weighted by atomic mass is 10.2. The van der Waals surface area contributed by atoms with Crippen LogP contribution in [0.5, 0.6) is 0 Å². The molecule has 0 aliphatic heterocycles. The van der Waals surface area contributed by atoms with E-state index in [4.69, 9.17) is 9.84 Å². The van der Waals surface area contributed by atoms with Gasteiger partial charge in [-0.2, -0.15) is 11.8 Å². The van der Waals surface area contributed by atoms with Crippen molar-refractivity contribution >= 4 is 11.8 Å². The Balaban J connectivity index is 1.96. The van der Waals surface area contributed by atoms with Gasteiger partial charge in [-0.05, 0) is 17.7 Å². The molecule has 0 radical (unpaired) electrons. The van der Waals surface area contributed by atoms with Crippen molar-refractivity contribution in [3.05, 3.63) is 35.9 Å². The number of rotatable bonds is 8. The van der Waals surface area contributed by atoms with Gasteiger partial charge in [-0.3, -0.25) is 0 Å². The highest BCUT2D eigenvalue weighted by Gasteiger charge is 1.99. The molecule has 1 rings (SSSR count). The number of benzene rings is 1. The van der Waals surface area contributed by atoms with Crippen LogP contribution in [0.25, 0.3) is 0 Å². The highest BCUT2D eigenvalue weighted by atomic mass is 32.2. The molecule has 0 fully saturated rings. The molecule has 1 atom stereocenters. The Hall–Kier alpha value is -0.510. The highest BCUT2D eigenvalue weighted by molar-refractivity contribution is 7.99. The summed E-state index contributed by atoms with van der Waals surface area (Å²) in [6, 6.07) is 10.2. The first-order valence-electron chi connectivity index (χ1n) is 5.67. The molecule has 0 aliphatic rings. The fourth-order valence-electron chi connectivity index (χ4n) is 1.26. The minimum Gasteiger partial charge on any atom is -0.395 e.